The van der Waals surface area contributed by atoms with Gasteiger partial charge in [0.05, 0.1) is 115 Å². The van der Waals surface area contributed by atoms with Crippen molar-refractivity contribution in [2.45, 2.75) is 80.1 Å². The molecule has 12 aromatic rings. The van der Waals surface area contributed by atoms with Crippen molar-refractivity contribution in [1.82, 2.24) is 58.3 Å². The van der Waals surface area contributed by atoms with E-state index in [2.05, 4.69) is 49.6 Å². The highest BCUT2D eigenvalue weighted by molar-refractivity contribution is 6.39. The largest absolute Gasteiger partial charge is 0.504 e. The van der Waals surface area contributed by atoms with Gasteiger partial charge in [-0.1, -0.05) is 131 Å². The minimum Gasteiger partial charge on any atom is -0.504 e. The van der Waals surface area contributed by atoms with E-state index in [-0.39, 0.29) is 196 Å². The van der Waals surface area contributed by atoms with E-state index < -0.39 is 135 Å². The lowest BCUT2D eigenvalue weighted by Gasteiger charge is -2.36. The van der Waals surface area contributed by atoms with Gasteiger partial charge in [-0.05, 0) is 110 Å². The summed E-state index contributed by atoms with van der Waals surface area (Å²) >= 11 is 38.1. The topological polar surface area (TPSA) is 346 Å². The number of phenols is 3. The lowest BCUT2D eigenvalue weighted by molar-refractivity contribution is -0.127. The van der Waals surface area contributed by atoms with E-state index in [1.165, 1.54) is 50.1 Å². The predicted molar refractivity (Wildman–Crippen MR) is 494 cm³/mol. The van der Waals surface area contributed by atoms with Crippen LogP contribution >= 0.6 is 69.6 Å². The molecule has 0 unspecified atom stereocenters. The average molecular weight is 1970 g/mol. The molecule has 3 saturated heterocycles. The van der Waals surface area contributed by atoms with Gasteiger partial charge in [-0.15, -0.1) is 0 Å². The molecule has 3 aliphatic rings. The van der Waals surface area contributed by atoms with Crippen molar-refractivity contribution in [2.75, 3.05) is 93.2 Å². The molecule has 3 aliphatic heterocycles. The van der Waals surface area contributed by atoms with E-state index in [0.717, 1.165) is 0 Å². The van der Waals surface area contributed by atoms with E-state index in [4.69, 9.17) is 69.6 Å². The summed E-state index contributed by atoms with van der Waals surface area (Å²) in [6, 6.07) is 15.1. The quantitative estimate of drug-likeness (QED) is 0.0371. The van der Waals surface area contributed by atoms with E-state index in [1.807, 2.05) is 59.8 Å². The normalized spacial score (nSPS) is 13.4. The molecule has 15 rings (SSSR count). The second-order valence-corrected chi connectivity index (χ2v) is 34.4. The number of piperazine rings is 3. The molecule has 135 heavy (non-hydrogen) atoms. The zero-order valence-electron chi connectivity index (χ0n) is 72.8. The molecule has 3 amide bonds. The Balaban J connectivity index is 0.000000171. The minimum absolute atomic E-state index is 0.100. The van der Waals surface area contributed by atoms with Gasteiger partial charge in [0, 0.05) is 113 Å². The SMILES string of the molecule is C=CC(=O)N1CCN(c2c(C#N)c(=O)n(-c3c(C)ccnc3C(C)C)c3nc(-c4c(O)c(F)c(F)c(F)c4Cl)c(Cl)cc23)CC1.C=CC(=O)N1CCN(c2c(C#N)c(=O)n(-c3c(C)ccnc3C(C)C)c3nc(-c4c(O)c(F)c(F)c(F)c4Cl)c(Cl)cc23)CC1.C=CC(=O)N1CCN(c2c(C#N)c(=O)n(-c3c(C)ccnc3C(C)C)c3nc(-c4c(O)c(F)c(F)c(F)c4Cl)c(Cl)cc23)CC1. The zero-order valence-corrected chi connectivity index (χ0v) is 77.3. The summed E-state index contributed by atoms with van der Waals surface area (Å²) < 4.78 is 133. The maximum Gasteiger partial charge on any atom is 0.276 e. The molecule has 0 aliphatic carbocycles. The van der Waals surface area contributed by atoms with Crippen molar-refractivity contribution in [2.24, 2.45) is 0 Å². The molecule has 3 aromatic carbocycles. The minimum atomic E-state index is -1.99. The van der Waals surface area contributed by atoms with E-state index in [9.17, 15) is 99.4 Å². The first-order valence-electron chi connectivity index (χ1n) is 41.1. The van der Waals surface area contributed by atoms with Crippen LogP contribution in [0.15, 0.2) is 107 Å². The summed E-state index contributed by atoms with van der Waals surface area (Å²) in [4.78, 5) is 117. The molecule has 0 spiro atoms. The van der Waals surface area contributed by atoms with Crippen LogP contribution in [0.25, 0.3) is 83.9 Å². The van der Waals surface area contributed by atoms with E-state index >= 15 is 0 Å². The van der Waals surface area contributed by atoms with Crippen LogP contribution in [0.2, 0.25) is 30.1 Å². The summed E-state index contributed by atoms with van der Waals surface area (Å²) in [5.74, 6) is -22.4. The van der Waals surface area contributed by atoms with Gasteiger partial charge in [0.25, 0.3) is 16.7 Å². The number of nitriles is 3. The van der Waals surface area contributed by atoms with E-state index in [1.54, 1.807) is 87.0 Å². The number of benzene rings is 3. The van der Waals surface area contributed by atoms with Crippen LogP contribution in [0, 0.1) is 107 Å². The van der Waals surface area contributed by atoms with Crippen molar-refractivity contribution >= 4 is 137 Å². The Morgan fingerprint density at radius 2 is 0.600 bits per heavy atom. The highest BCUT2D eigenvalue weighted by Gasteiger charge is 2.39. The Bertz CT molecular complexity index is 6650. The zero-order chi connectivity index (χ0) is 98.7. The number of hydrogen-bond acceptors (Lipinski definition) is 21. The molecule has 0 radical (unpaired) electrons. The number of aromatic hydroxyl groups is 3. The molecule has 0 bridgehead atoms. The Kier molecular flexibility index (Phi) is 28.8. The van der Waals surface area contributed by atoms with Gasteiger partial charge >= 0.3 is 0 Å². The molecule has 9 aromatic heterocycles. The molecule has 0 atom stereocenters. The molecular weight excluding hydrogens is 1900 g/mol. The highest BCUT2D eigenvalue weighted by Crippen LogP contribution is 2.50. The molecule has 0 saturated carbocycles. The second-order valence-electron chi connectivity index (χ2n) is 32.0. The number of pyridine rings is 9. The molecule has 27 nitrogen and oxygen atoms in total. The maximum absolute atomic E-state index is 14.6. The maximum atomic E-state index is 14.6. The number of carbonyl (C=O) groups is 3. The van der Waals surface area contributed by atoms with Crippen molar-refractivity contribution in [3.05, 3.63) is 257 Å². The fourth-order valence-electron chi connectivity index (χ4n) is 16.4. The number of phenolic OH excluding ortho intramolecular Hbond substituents is 3. The van der Waals surface area contributed by atoms with Crippen LogP contribution in [-0.2, 0) is 14.4 Å². The lowest BCUT2D eigenvalue weighted by Crippen LogP contribution is -2.49. The number of aryl methyl sites for hydroxylation is 3. The van der Waals surface area contributed by atoms with Gasteiger partial charge in [-0.2, -0.15) is 29.0 Å². The van der Waals surface area contributed by atoms with Crippen LogP contribution in [0.1, 0.15) is 110 Å². The number of fused-ring (bicyclic) bond motifs is 3. The number of halogens is 15. The Hall–Kier alpha value is -13.8. The number of carbonyl (C=O) groups excluding carboxylic acids is 3. The number of amides is 3. The Labute approximate surface area is 792 Å². The van der Waals surface area contributed by atoms with Crippen LogP contribution < -0.4 is 31.4 Å². The van der Waals surface area contributed by atoms with Crippen LogP contribution in [0.4, 0.5) is 56.6 Å². The molecule has 3 N–H and O–H groups in total. The van der Waals surface area contributed by atoms with Crippen molar-refractivity contribution in [1.29, 1.82) is 15.8 Å². The molecule has 696 valence electrons. The van der Waals surface area contributed by atoms with Crippen molar-refractivity contribution in [3.8, 4) is 86.3 Å². The fraction of sp³-hybridized carbons (Fsp3) is 0.258. The lowest BCUT2D eigenvalue weighted by atomic mass is 10.0. The van der Waals surface area contributed by atoms with Gasteiger partial charge in [0.2, 0.25) is 35.2 Å². The number of anilines is 3. The summed E-state index contributed by atoms with van der Waals surface area (Å²) in [5, 5.41) is 59.5. The van der Waals surface area contributed by atoms with Gasteiger partial charge < -0.3 is 44.7 Å². The number of hydrogen-bond donors (Lipinski definition) is 3. The van der Waals surface area contributed by atoms with Crippen LogP contribution in [-0.4, -0.2) is 170 Å². The van der Waals surface area contributed by atoms with E-state index in [0.29, 0.717) is 50.8 Å². The first kappa shape index (κ1) is 98.7. The summed E-state index contributed by atoms with van der Waals surface area (Å²) in [6.07, 6.45) is 8.31. The fourth-order valence-corrected chi connectivity index (χ4v) is 18.0. The number of rotatable bonds is 15. The second kappa shape index (κ2) is 39.4. The van der Waals surface area contributed by atoms with Gasteiger partial charge in [0.1, 0.15) is 51.8 Å². The van der Waals surface area contributed by atoms with Crippen LogP contribution in [0.3, 0.4) is 0 Å². The third-order valence-corrected chi connectivity index (χ3v) is 25.0. The standard InChI is InChI=1S/3C31H25Cl2F3N6O3/c3*1-5-19(43)40-8-10-41(11-9-40)28-16-12-18(32)26(20-21(33)22(34)23(35)24(36)29(20)44)39-30(16)42(31(45)17(28)13-37)27-15(4)6-7-38-25(27)14(2)3/h3*5-7,12,14,44H,1,8-11H2,2-4H3. The predicted octanol–water partition coefficient (Wildman–Crippen LogP) is 18.0. The third-order valence-electron chi connectivity index (χ3n) is 23.0. The first-order valence-corrected chi connectivity index (χ1v) is 43.4. The van der Waals surface area contributed by atoms with Crippen LogP contribution in [0.5, 0.6) is 17.2 Å². The first-order chi connectivity index (χ1) is 64.0. The molecule has 3 fully saturated rings. The summed E-state index contributed by atoms with van der Waals surface area (Å²) in [7, 11) is 0. The van der Waals surface area contributed by atoms with Gasteiger partial charge in [0.15, 0.2) is 52.2 Å². The number of aromatic nitrogens is 9. The molecule has 12 heterocycles. The Morgan fingerprint density at radius 3 is 0.800 bits per heavy atom. The Morgan fingerprint density at radius 1 is 0.378 bits per heavy atom. The monoisotopic (exact) mass is 1970 g/mol. The number of nitrogens with zero attached hydrogens (tertiary/aromatic N) is 18. The highest BCUT2D eigenvalue weighted by atomic mass is 35.5. The summed E-state index contributed by atoms with van der Waals surface area (Å²) in [6.45, 7) is 29.9. The summed E-state index contributed by atoms with van der Waals surface area (Å²) in [5.41, 5.74) is -2.07. The van der Waals surface area contributed by atoms with Crippen molar-refractivity contribution < 1.29 is 69.2 Å². The smallest absolute Gasteiger partial charge is 0.276 e. The average Bonchev–Trinajstić information content (AvgIpc) is 0.728. The third kappa shape index (κ3) is 17.5. The van der Waals surface area contributed by atoms with Gasteiger partial charge in [-0.25, -0.2) is 41.3 Å². The molecular formula is C93H75Cl6F9N18O9. The van der Waals surface area contributed by atoms with Gasteiger partial charge in [-0.3, -0.25) is 57.4 Å². The van der Waals surface area contributed by atoms with Crippen molar-refractivity contribution in [3.63, 3.8) is 0 Å². The molecule has 42 heteroatoms.